The van der Waals surface area contributed by atoms with Crippen LogP contribution in [-0.2, 0) is 17.8 Å². The zero-order chi connectivity index (χ0) is 15.2. The lowest BCUT2D eigenvalue weighted by molar-refractivity contribution is 0.0937. The molecule has 0 amide bonds. The zero-order valence-corrected chi connectivity index (χ0v) is 13.3. The van der Waals surface area contributed by atoms with Crippen LogP contribution in [-0.4, -0.2) is 24.2 Å². The maximum atomic E-state index is 5.57. The van der Waals surface area contributed by atoms with Crippen LogP contribution in [0.5, 0.6) is 0 Å². The standard InChI is InChI=1S/C20H25NO/c1-22-20-13-12-19(14-20)21(15-17-8-4-2-5-9-17)16-18-10-6-3-7-11-18/h2-11,19-20H,12-16H2,1H3/t19-,20+/m1/s1. The SMILES string of the molecule is CO[C@H]1CC[C@@H](N(Cc2ccccc2)Cc2ccccc2)C1. The van der Waals surface area contributed by atoms with Crippen molar-refractivity contribution >= 4 is 0 Å². The number of hydrogen-bond donors (Lipinski definition) is 0. The lowest BCUT2D eigenvalue weighted by atomic mass is 10.1. The number of nitrogens with zero attached hydrogens (tertiary/aromatic N) is 1. The van der Waals surface area contributed by atoms with E-state index in [1.165, 1.54) is 24.0 Å². The molecule has 2 aromatic carbocycles. The van der Waals surface area contributed by atoms with Gasteiger partial charge in [-0.15, -0.1) is 0 Å². The van der Waals surface area contributed by atoms with Gasteiger partial charge in [0.05, 0.1) is 6.10 Å². The molecular formula is C20H25NO. The Labute approximate surface area is 133 Å². The highest BCUT2D eigenvalue weighted by Gasteiger charge is 2.29. The highest BCUT2D eigenvalue weighted by molar-refractivity contribution is 5.17. The molecule has 2 heteroatoms. The summed E-state index contributed by atoms with van der Waals surface area (Å²) >= 11 is 0. The van der Waals surface area contributed by atoms with E-state index < -0.39 is 0 Å². The van der Waals surface area contributed by atoms with Crippen LogP contribution in [0.2, 0.25) is 0 Å². The molecule has 1 fully saturated rings. The zero-order valence-electron chi connectivity index (χ0n) is 13.3. The van der Waals surface area contributed by atoms with Crippen LogP contribution in [0.3, 0.4) is 0 Å². The lowest BCUT2D eigenvalue weighted by Crippen LogP contribution is -2.33. The van der Waals surface area contributed by atoms with Crippen LogP contribution in [0.4, 0.5) is 0 Å². The van der Waals surface area contributed by atoms with Gasteiger partial charge in [0.2, 0.25) is 0 Å². The number of ether oxygens (including phenoxy) is 1. The third-order valence-electron chi connectivity index (χ3n) is 4.66. The molecule has 1 saturated carbocycles. The van der Waals surface area contributed by atoms with E-state index in [9.17, 15) is 0 Å². The van der Waals surface area contributed by atoms with Gasteiger partial charge in [0.25, 0.3) is 0 Å². The molecule has 0 unspecified atom stereocenters. The summed E-state index contributed by atoms with van der Waals surface area (Å²) in [6, 6.07) is 22.2. The molecule has 0 heterocycles. The molecule has 0 N–H and O–H groups in total. The Morgan fingerprint density at radius 1 is 0.864 bits per heavy atom. The molecule has 0 aromatic heterocycles. The minimum atomic E-state index is 0.430. The average molecular weight is 295 g/mol. The summed E-state index contributed by atoms with van der Waals surface area (Å²) in [5.74, 6) is 0. The van der Waals surface area contributed by atoms with E-state index in [4.69, 9.17) is 4.74 Å². The Morgan fingerprint density at radius 3 is 1.86 bits per heavy atom. The predicted molar refractivity (Wildman–Crippen MR) is 90.6 cm³/mol. The highest BCUT2D eigenvalue weighted by atomic mass is 16.5. The molecule has 3 rings (SSSR count). The van der Waals surface area contributed by atoms with Gasteiger partial charge in [-0.25, -0.2) is 0 Å². The van der Waals surface area contributed by atoms with Crippen molar-refractivity contribution in [3.05, 3.63) is 71.8 Å². The molecule has 0 radical (unpaired) electrons. The summed E-state index contributed by atoms with van der Waals surface area (Å²) in [6.07, 6.45) is 3.99. The van der Waals surface area contributed by atoms with Crippen molar-refractivity contribution in [1.29, 1.82) is 0 Å². The smallest absolute Gasteiger partial charge is 0.0586 e. The molecule has 1 aliphatic carbocycles. The lowest BCUT2D eigenvalue weighted by Gasteiger charge is -2.29. The summed E-state index contributed by atoms with van der Waals surface area (Å²) in [5.41, 5.74) is 2.78. The van der Waals surface area contributed by atoms with E-state index in [1.54, 1.807) is 0 Å². The number of hydrogen-bond acceptors (Lipinski definition) is 2. The summed E-state index contributed by atoms with van der Waals surface area (Å²) in [4.78, 5) is 2.61. The van der Waals surface area contributed by atoms with Crippen LogP contribution >= 0.6 is 0 Å². The Morgan fingerprint density at radius 2 is 1.41 bits per heavy atom. The van der Waals surface area contributed by atoms with Crippen molar-refractivity contribution in [2.45, 2.75) is 44.5 Å². The fourth-order valence-corrected chi connectivity index (χ4v) is 3.41. The number of benzene rings is 2. The molecule has 22 heavy (non-hydrogen) atoms. The monoisotopic (exact) mass is 295 g/mol. The van der Waals surface area contributed by atoms with Gasteiger partial charge in [0.1, 0.15) is 0 Å². The quantitative estimate of drug-likeness (QED) is 0.789. The third kappa shape index (κ3) is 3.96. The van der Waals surface area contributed by atoms with Crippen LogP contribution in [0.1, 0.15) is 30.4 Å². The van der Waals surface area contributed by atoms with Crippen molar-refractivity contribution in [2.75, 3.05) is 7.11 Å². The molecule has 0 bridgehead atoms. The van der Waals surface area contributed by atoms with Gasteiger partial charge in [-0.2, -0.15) is 0 Å². The summed E-state index contributed by atoms with van der Waals surface area (Å²) < 4.78 is 5.57. The summed E-state index contributed by atoms with van der Waals surface area (Å²) in [6.45, 7) is 2.02. The van der Waals surface area contributed by atoms with Gasteiger partial charge in [-0.05, 0) is 30.4 Å². The predicted octanol–water partition coefficient (Wildman–Crippen LogP) is 4.26. The Hall–Kier alpha value is -1.64. The molecule has 2 nitrogen and oxygen atoms in total. The maximum Gasteiger partial charge on any atom is 0.0586 e. The van der Waals surface area contributed by atoms with Crippen molar-refractivity contribution < 1.29 is 4.74 Å². The largest absolute Gasteiger partial charge is 0.381 e. The first-order valence-corrected chi connectivity index (χ1v) is 8.20. The average Bonchev–Trinajstić information content (AvgIpc) is 3.05. The third-order valence-corrected chi connectivity index (χ3v) is 4.66. The van der Waals surface area contributed by atoms with E-state index in [2.05, 4.69) is 65.6 Å². The summed E-state index contributed by atoms with van der Waals surface area (Å²) in [7, 11) is 1.84. The van der Waals surface area contributed by atoms with Crippen LogP contribution in [0.15, 0.2) is 60.7 Å². The Bertz CT molecular complexity index is 513. The molecular weight excluding hydrogens is 270 g/mol. The fourth-order valence-electron chi connectivity index (χ4n) is 3.41. The van der Waals surface area contributed by atoms with Gasteiger partial charge in [-0.1, -0.05) is 60.7 Å². The Kier molecular flexibility index (Phi) is 5.25. The molecule has 0 spiro atoms. The maximum absolute atomic E-state index is 5.57. The van der Waals surface area contributed by atoms with Crippen LogP contribution < -0.4 is 0 Å². The topological polar surface area (TPSA) is 12.5 Å². The number of rotatable bonds is 6. The van der Waals surface area contributed by atoms with E-state index in [0.717, 1.165) is 19.5 Å². The van der Waals surface area contributed by atoms with Crippen molar-refractivity contribution in [3.63, 3.8) is 0 Å². The number of methoxy groups -OCH3 is 1. The van der Waals surface area contributed by atoms with Crippen LogP contribution in [0.25, 0.3) is 0 Å². The molecule has 0 saturated heterocycles. The van der Waals surface area contributed by atoms with E-state index in [1.807, 2.05) is 7.11 Å². The molecule has 0 aliphatic heterocycles. The first kappa shape index (κ1) is 15.3. The molecule has 1 aliphatic rings. The second-order valence-electron chi connectivity index (χ2n) is 6.20. The second-order valence-corrected chi connectivity index (χ2v) is 6.20. The minimum absolute atomic E-state index is 0.430. The van der Waals surface area contributed by atoms with Gasteiger partial charge in [0.15, 0.2) is 0 Å². The molecule has 2 atom stereocenters. The van der Waals surface area contributed by atoms with Crippen molar-refractivity contribution in [2.24, 2.45) is 0 Å². The van der Waals surface area contributed by atoms with E-state index in [-0.39, 0.29) is 0 Å². The van der Waals surface area contributed by atoms with Gasteiger partial charge in [0, 0.05) is 26.2 Å². The van der Waals surface area contributed by atoms with Crippen molar-refractivity contribution in [1.82, 2.24) is 4.90 Å². The van der Waals surface area contributed by atoms with Gasteiger partial charge < -0.3 is 4.74 Å². The van der Waals surface area contributed by atoms with E-state index >= 15 is 0 Å². The normalized spacial score (nSPS) is 21.4. The molecule has 2 aromatic rings. The van der Waals surface area contributed by atoms with Crippen LogP contribution in [0, 0.1) is 0 Å². The Balaban J connectivity index is 1.73. The first-order valence-electron chi connectivity index (χ1n) is 8.20. The van der Waals surface area contributed by atoms with Gasteiger partial charge >= 0.3 is 0 Å². The minimum Gasteiger partial charge on any atom is -0.381 e. The highest BCUT2D eigenvalue weighted by Crippen LogP contribution is 2.28. The van der Waals surface area contributed by atoms with E-state index in [0.29, 0.717) is 12.1 Å². The van der Waals surface area contributed by atoms with Crippen molar-refractivity contribution in [3.8, 4) is 0 Å². The fraction of sp³-hybridized carbons (Fsp3) is 0.400. The van der Waals surface area contributed by atoms with Gasteiger partial charge in [-0.3, -0.25) is 4.90 Å². The molecule has 116 valence electrons. The first-order chi connectivity index (χ1) is 10.8. The summed E-state index contributed by atoms with van der Waals surface area (Å²) in [5, 5.41) is 0. The second kappa shape index (κ2) is 7.57.